The average Bonchev–Trinajstić information content (AvgIpc) is 2.54. The van der Waals surface area contributed by atoms with Gasteiger partial charge < -0.3 is 0 Å². The number of carbonyl (C=O) groups is 3. The van der Waals surface area contributed by atoms with Gasteiger partial charge in [-0.3, -0.25) is 0 Å². The van der Waals surface area contributed by atoms with E-state index < -0.39 is 55.3 Å². The maximum atomic E-state index is 12.6. The van der Waals surface area contributed by atoms with E-state index in [9.17, 15) is 19.3 Å². The van der Waals surface area contributed by atoms with Crippen molar-refractivity contribution in [1.29, 1.82) is 0 Å². The Kier molecular flexibility index (Phi) is 8.79. The van der Waals surface area contributed by atoms with Crippen LogP contribution in [0.4, 0.5) is 0 Å². The normalized spacial score (nSPS) is 22.0. The molecule has 1 heterocycles. The van der Waals surface area contributed by atoms with Gasteiger partial charge in [0.05, 0.1) is 0 Å². The fraction of sp³-hybridized carbons (Fsp3) is 0.842. The molecule has 0 spiro atoms. The molecule has 0 aromatic heterocycles. The van der Waals surface area contributed by atoms with Crippen LogP contribution < -0.4 is 5.32 Å². The summed E-state index contributed by atoms with van der Waals surface area (Å²) in [5.74, 6) is -1.48. The molecule has 10 nitrogen and oxygen atoms in total. The van der Waals surface area contributed by atoms with Gasteiger partial charge in [-0.2, -0.15) is 0 Å². The van der Waals surface area contributed by atoms with Crippen LogP contribution in [-0.4, -0.2) is 54.4 Å². The SMILES string of the molecule is CC(C)(C)OC(=O)CCNC(=O)[C@@H]1O[PH](O)(OCOC(=O)C(C)(C)C)OCC1(C)C. The molecule has 0 aromatic carbocycles. The van der Waals surface area contributed by atoms with Gasteiger partial charge >= 0.3 is 178 Å². The summed E-state index contributed by atoms with van der Waals surface area (Å²) in [5, 5.41) is 2.61. The quantitative estimate of drug-likeness (QED) is 0.339. The van der Waals surface area contributed by atoms with Crippen LogP contribution in [0.3, 0.4) is 0 Å². The van der Waals surface area contributed by atoms with Crippen molar-refractivity contribution >= 4 is 26.0 Å². The van der Waals surface area contributed by atoms with E-state index >= 15 is 0 Å². The average molecular weight is 453 g/mol. The fourth-order valence-electron chi connectivity index (χ4n) is 2.33. The van der Waals surface area contributed by atoms with Gasteiger partial charge in [0, 0.05) is 0 Å². The summed E-state index contributed by atoms with van der Waals surface area (Å²) in [4.78, 5) is 46.7. The molecule has 11 heteroatoms. The van der Waals surface area contributed by atoms with Crippen LogP contribution >= 0.6 is 8.17 Å². The first-order valence-electron chi connectivity index (χ1n) is 9.80. The van der Waals surface area contributed by atoms with Gasteiger partial charge in [-0.1, -0.05) is 0 Å². The van der Waals surface area contributed by atoms with E-state index in [1.54, 1.807) is 55.4 Å². The fourth-order valence-corrected chi connectivity index (χ4v) is 4.03. The molecule has 0 bridgehead atoms. The Labute approximate surface area is 178 Å². The second-order valence-electron chi connectivity index (χ2n) is 9.87. The number of hydrogen-bond acceptors (Lipinski definition) is 9. The zero-order valence-corrected chi connectivity index (χ0v) is 20.1. The summed E-state index contributed by atoms with van der Waals surface area (Å²) >= 11 is 0. The second kappa shape index (κ2) is 9.87. The van der Waals surface area contributed by atoms with Crippen LogP contribution in [0.1, 0.15) is 61.8 Å². The van der Waals surface area contributed by atoms with E-state index in [2.05, 4.69) is 5.32 Å². The van der Waals surface area contributed by atoms with Crippen molar-refractivity contribution in [2.45, 2.75) is 73.5 Å². The number of carbonyl (C=O) groups excluding carboxylic acids is 3. The predicted molar refractivity (Wildman–Crippen MR) is 110 cm³/mol. The molecule has 1 aliphatic rings. The van der Waals surface area contributed by atoms with Gasteiger partial charge in [0.2, 0.25) is 0 Å². The third-order valence-corrected chi connectivity index (χ3v) is 5.46. The number of esters is 2. The first-order valence-corrected chi connectivity index (χ1v) is 11.5. The number of hydrogen-bond donors (Lipinski definition) is 2. The number of amides is 1. The Balaban J connectivity index is 2.61. The Morgan fingerprint density at radius 2 is 1.77 bits per heavy atom. The Morgan fingerprint density at radius 1 is 1.17 bits per heavy atom. The molecule has 2 N–H and O–H groups in total. The topological polar surface area (TPSA) is 130 Å². The van der Waals surface area contributed by atoms with Crippen LogP contribution in [0.25, 0.3) is 0 Å². The van der Waals surface area contributed by atoms with Crippen LogP contribution in [0.2, 0.25) is 0 Å². The molecule has 0 unspecified atom stereocenters. The molecular formula is C19H36NO9P. The van der Waals surface area contributed by atoms with Crippen LogP contribution in [0.15, 0.2) is 0 Å². The molecule has 1 rings (SSSR count). The third kappa shape index (κ3) is 8.81. The van der Waals surface area contributed by atoms with Crippen molar-refractivity contribution in [2.75, 3.05) is 19.9 Å². The van der Waals surface area contributed by atoms with Crippen LogP contribution in [-0.2, 0) is 37.4 Å². The van der Waals surface area contributed by atoms with Gasteiger partial charge in [-0.05, 0) is 0 Å². The molecule has 176 valence electrons. The minimum absolute atomic E-state index is 0.00634. The summed E-state index contributed by atoms with van der Waals surface area (Å²) < 4.78 is 26.1. The number of rotatable bonds is 7. The van der Waals surface area contributed by atoms with E-state index in [1.165, 1.54) is 0 Å². The summed E-state index contributed by atoms with van der Waals surface area (Å²) in [6, 6.07) is 0. The van der Waals surface area contributed by atoms with Crippen molar-refractivity contribution in [3.8, 4) is 0 Å². The van der Waals surface area contributed by atoms with E-state index in [4.69, 9.17) is 23.0 Å². The van der Waals surface area contributed by atoms with E-state index in [-0.39, 0.29) is 19.6 Å². The van der Waals surface area contributed by atoms with Crippen molar-refractivity contribution in [2.24, 2.45) is 10.8 Å². The molecule has 1 aliphatic heterocycles. The monoisotopic (exact) mass is 453 g/mol. The van der Waals surface area contributed by atoms with Gasteiger partial charge in [0.15, 0.2) is 0 Å². The zero-order valence-electron chi connectivity index (χ0n) is 19.1. The van der Waals surface area contributed by atoms with Crippen molar-refractivity contribution in [3.05, 3.63) is 0 Å². The first-order chi connectivity index (χ1) is 13.5. The molecule has 30 heavy (non-hydrogen) atoms. The maximum absolute atomic E-state index is 12.6. The summed E-state index contributed by atoms with van der Waals surface area (Å²) in [5.41, 5.74) is -2.11. The Morgan fingerprint density at radius 3 is 2.30 bits per heavy atom. The van der Waals surface area contributed by atoms with Crippen molar-refractivity contribution < 1.29 is 42.3 Å². The molecule has 1 fully saturated rings. The Hall–Kier alpha value is -1.32. The van der Waals surface area contributed by atoms with E-state index in [1.807, 2.05) is 0 Å². The molecule has 1 amide bonds. The van der Waals surface area contributed by atoms with Gasteiger partial charge in [0.25, 0.3) is 0 Å². The molecule has 0 saturated carbocycles. The van der Waals surface area contributed by atoms with Gasteiger partial charge in [-0.15, -0.1) is 0 Å². The Bertz CT molecular complexity index is 639. The number of ether oxygens (including phenoxy) is 2. The molecule has 0 aliphatic carbocycles. The molecule has 0 aromatic rings. The van der Waals surface area contributed by atoms with Crippen LogP contribution in [0, 0.1) is 10.8 Å². The summed E-state index contributed by atoms with van der Waals surface area (Å²) in [6.07, 6.45) is -1.09. The van der Waals surface area contributed by atoms with E-state index in [0.717, 1.165) is 0 Å². The zero-order chi connectivity index (χ0) is 23.4. The van der Waals surface area contributed by atoms with Gasteiger partial charge in [-0.25, -0.2) is 0 Å². The van der Waals surface area contributed by atoms with E-state index in [0.29, 0.717) is 0 Å². The van der Waals surface area contributed by atoms with Gasteiger partial charge in [0.1, 0.15) is 0 Å². The molecule has 1 atom stereocenters. The summed E-state index contributed by atoms with van der Waals surface area (Å²) in [7, 11) is -4.20. The minimum atomic E-state index is -4.20. The van der Waals surface area contributed by atoms with Crippen molar-refractivity contribution in [1.82, 2.24) is 5.32 Å². The molecule has 1 saturated heterocycles. The summed E-state index contributed by atoms with van der Waals surface area (Å²) in [6.45, 7) is 13.2. The first kappa shape index (κ1) is 26.7. The molecule has 0 radical (unpaired) electrons. The standard InChI is InChI=1S/C19H36NO9P/c1-17(2,3)16(23)25-12-27-30(24)26-11-19(7,8)14(29-30)15(22)20-10-9-13(21)28-18(4,5)6/h14,24,30H,9-12H2,1-8H3,(H,20,22)/t14-/m0/s1. The van der Waals surface area contributed by atoms with Crippen LogP contribution in [0.5, 0.6) is 0 Å². The third-order valence-electron chi connectivity index (χ3n) is 3.93. The number of nitrogens with one attached hydrogen (secondary N) is 1. The van der Waals surface area contributed by atoms with Crippen molar-refractivity contribution in [3.63, 3.8) is 0 Å². The second-order valence-corrected chi connectivity index (χ2v) is 11.7. The molecular weight excluding hydrogens is 417 g/mol. The predicted octanol–water partition coefficient (Wildman–Crippen LogP) is 2.24.